The summed E-state index contributed by atoms with van der Waals surface area (Å²) in [5, 5.41) is 24.4. The van der Waals surface area contributed by atoms with Gasteiger partial charge in [-0.05, 0) is 30.4 Å². The number of hydrogen-bond donors (Lipinski definition) is 0. The van der Waals surface area contributed by atoms with Crippen molar-refractivity contribution < 1.29 is 9.90 Å². The lowest BCUT2D eigenvalue weighted by atomic mass is 9.89. The zero-order chi connectivity index (χ0) is 18.4. The number of carboxylic acid groups (broad SMARTS) is 1. The first kappa shape index (κ1) is 18.6. The van der Waals surface area contributed by atoms with Gasteiger partial charge in [-0.25, -0.2) is 0 Å². The zero-order valence-corrected chi connectivity index (χ0v) is 15.7. The molecule has 0 atom stereocenters. The van der Waals surface area contributed by atoms with E-state index < -0.39 is 5.97 Å². The molecule has 3 rings (SSSR count). The molecule has 0 aliphatic heterocycles. The van der Waals surface area contributed by atoms with Crippen LogP contribution in [0.4, 0.5) is 0 Å². The number of aryl methyl sites for hydroxylation is 1. The number of carboxylic acids is 1. The van der Waals surface area contributed by atoms with Gasteiger partial charge in [0.1, 0.15) is 0 Å². The summed E-state index contributed by atoms with van der Waals surface area (Å²) in [7, 11) is 0. The molecule has 138 valence electrons. The van der Waals surface area contributed by atoms with E-state index in [4.69, 9.17) is 0 Å². The van der Waals surface area contributed by atoms with E-state index in [1.54, 1.807) is 10.9 Å². The van der Waals surface area contributed by atoms with E-state index in [1.807, 2.05) is 12.1 Å². The van der Waals surface area contributed by atoms with Crippen molar-refractivity contribution in [2.24, 2.45) is 5.10 Å². The lowest BCUT2D eigenvalue weighted by Gasteiger charge is -2.20. The number of hydrogen-bond acceptors (Lipinski definition) is 6. The van der Waals surface area contributed by atoms with Gasteiger partial charge in [-0.2, -0.15) is 9.78 Å². The maximum atomic E-state index is 10.8. The molecule has 6 nitrogen and oxygen atoms in total. The van der Waals surface area contributed by atoms with Crippen molar-refractivity contribution in [3.05, 3.63) is 41.2 Å². The fourth-order valence-corrected chi connectivity index (χ4v) is 3.79. The Bertz CT molecular complexity index is 764. The van der Waals surface area contributed by atoms with Gasteiger partial charge < -0.3 is 9.90 Å². The van der Waals surface area contributed by atoms with Crippen LogP contribution in [0.25, 0.3) is 0 Å². The third-order valence-electron chi connectivity index (χ3n) is 4.64. The molecule has 7 heteroatoms. The molecule has 1 aliphatic rings. The van der Waals surface area contributed by atoms with Crippen molar-refractivity contribution in [2.45, 2.75) is 56.5 Å². The molecular formula is C19H23N4O2S-. The van der Waals surface area contributed by atoms with Crippen molar-refractivity contribution in [3.63, 3.8) is 0 Å². The Labute approximate surface area is 157 Å². The molecular weight excluding hydrogens is 348 g/mol. The van der Waals surface area contributed by atoms with Gasteiger partial charge >= 0.3 is 0 Å². The number of carbonyl (C=O) groups is 1. The average Bonchev–Trinajstić information content (AvgIpc) is 3.08. The summed E-state index contributed by atoms with van der Waals surface area (Å²) in [4.78, 5) is 10.8. The third kappa shape index (κ3) is 4.72. The summed E-state index contributed by atoms with van der Waals surface area (Å²) in [5.74, 6) is -0.133. The van der Waals surface area contributed by atoms with Crippen molar-refractivity contribution in [2.75, 3.05) is 5.75 Å². The minimum atomic E-state index is -1.12. The van der Waals surface area contributed by atoms with Crippen molar-refractivity contribution >= 4 is 23.9 Å². The first-order chi connectivity index (χ1) is 12.7. The lowest BCUT2D eigenvalue weighted by Crippen LogP contribution is -2.24. The number of aliphatic carboxylic acids is 1. The number of carbonyl (C=O) groups excluding carboxylic acids is 1. The van der Waals surface area contributed by atoms with Gasteiger partial charge in [0.05, 0.1) is 12.2 Å². The topological polar surface area (TPSA) is 83.2 Å². The predicted molar refractivity (Wildman–Crippen MR) is 100 cm³/mol. The predicted octanol–water partition coefficient (Wildman–Crippen LogP) is 2.61. The minimum Gasteiger partial charge on any atom is -0.549 e. The Kier molecular flexibility index (Phi) is 6.44. The summed E-state index contributed by atoms with van der Waals surface area (Å²) in [5.41, 5.74) is 2.26. The minimum absolute atomic E-state index is 0.163. The Hall–Kier alpha value is -2.15. The smallest absolute Gasteiger partial charge is 0.212 e. The Morgan fingerprint density at radius 2 is 2.00 bits per heavy atom. The number of nitrogens with zero attached hydrogens (tertiary/aromatic N) is 4. The van der Waals surface area contributed by atoms with Crippen LogP contribution >= 0.6 is 11.8 Å². The van der Waals surface area contributed by atoms with Gasteiger partial charge in [-0.1, -0.05) is 62.2 Å². The molecule has 2 aromatic rings. The highest BCUT2D eigenvalue weighted by Gasteiger charge is 2.23. The van der Waals surface area contributed by atoms with Crippen LogP contribution in [0.1, 0.15) is 61.9 Å². The molecule has 0 bridgehead atoms. The van der Waals surface area contributed by atoms with Gasteiger partial charge in [0.2, 0.25) is 5.16 Å². The van der Waals surface area contributed by atoms with Gasteiger partial charge in [-0.15, -0.1) is 10.2 Å². The second-order valence-electron chi connectivity index (χ2n) is 6.49. The fraction of sp³-hybridized carbons (Fsp3) is 0.474. The Morgan fingerprint density at radius 1 is 1.27 bits per heavy atom. The molecule has 1 aromatic carbocycles. The van der Waals surface area contributed by atoms with E-state index in [0.717, 1.165) is 42.4 Å². The number of aromatic nitrogens is 3. The van der Waals surface area contributed by atoms with Crippen molar-refractivity contribution in [3.8, 4) is 0 Å². The summed E-state index contributed by atoms with van der Waals surface area (Å²) < 4.78 is 1.71. The molecule has 26 heavy (non-hydrogen) atoms. The molecule has 0 radical (unpaired) electrons. The largest absolute Gasteiger partial charge is 0.549 e. The molecule has 0 N–H and O–H groups in total. The van der Waals surface area contributed by atoms with Gasteiger partial charge in [-0.3, -0.25) is 0 Å². The Balaban J connectivity index is 1.86. The summed E-state index contributed by atoms with van der Waals surface area (Å²) in [6.07, 6.45) is 8.54. The van der Waals surface area contributed by atoms with Crippen LogP contribution in [0, 0.1) is 0 Å². The SMILES string of the molecule is CCc1ccc(/C=N\n2c(SCC(=O)[O-])nnc2C2CCCCC2)cc1. The van der Waals surface area contributed by atoms with Crippen LogP contribution in [-0.4, -0.2) is 32.8 Å². The average molecular weight is 371 g/mol. The normalized spacial score (nSPS) is 15.6. The number of benzene rings is 1. The molecule has 1 aromatic heterocycles. The second kappa shape index (κ2) is 8.98. The van der Waals surface area contributed by atoms with E-state index in [1.165, 1.54) is 24.8 Å². The fourth-order valence-electron chi connectivity index (χ4n) is 3.18. The quantitative estimate of drug-likeness (QED) is 0.552. The molecule has 0 saturated heterocycles. The van der Waals surface area contributed by atoms with E-state index in [2.05, 4.69) is 34.4 Å². The maximum absolute atomic E-state index is 10.8. The molecule has 1 saturated carbocycles. The van der Waals surface area contributed by atoms with Gasteiger partial charge in [0.25, 0.3) is 0 Å². The highest BCUT2D eigenvalue weighted by atomic mass is 32.2. The number of rotatable bonds is 7. The second-order valence-corrected chi connectivity index (χ2v) is 7.43. The zero-order valence-electron chi connectivity index (χ0n) is 14.9. The molecule has 1 fully saturated rings. The van der Waals surface area contributed by atoms with Crippen LogP contribution in [0.5, 0.6) is 0 Å². The summed E-state index contributed by atoms with van der Waals surface area (Å²) >= 11 is 1.09. The summed E-state index contributed by atoms with van der Waals surface area (Å²) in [6, 6.07) is 8.23. The van der Waals surface area contributed by atoms with E-state index in [9.17, 15) is 9.90 Å². The molecule has 1 heterocycles. The van der Waals surface area contributed by atoms with E-state index in [-0.39, 0.29) is 5.75 Å². The molecule has 0 amide bonds. The maximum Gasteiger partial charge on any atom is 0.212 e. The van der Waals surface area contributed by atoms with Crippen LogP contribution in [0.3, 0.4) is 0 Å². The molecule has 1 aliphatic carbocycles. The Morgan fingerprint density at radius 3 is 2.65 bits per heavy atom. The van der Waals surface area contributed by atoms with E-state index >= 15 is 0 Å². The highest BCUT2D eigenvalue weighted by Crippen LogP contribution is 2.33. The third-order valence-corrected chi connectivity index (χ3v) is 5.53. The van der Waals surface area contributed by atoms with Gasteiger partial charge in [0.15, 0.2) is 5.82 Å². The first-order valence-corrected chi connectivity index (χ1v) is 10.1. The van der Waals surface area contributed by atoms with Crippen molar-refractivity contribution in [1.29, 1.82) is 0 Å². The van der Waals surface area contributed by atoms with Gasteiger partial charge in [0, 0.05) is 11.7 Å². The first-order valence-electron chi connectivity index (χ1n) is 9.08. The lowest BCUT2D eigenvalue weighted by molar-refractivity contribution is -0.301. The number of thioether (sulfide) groups is 1. The van der Waals surface area contributed by atoms with Crippen LogP contribution in [0.2, 0.25) is 0 Å². The van der Waals surface area contributed by atoms with Crippen LogP contribution < -0.4 is 5.11 Å². The standard InChI is InChI=1S/C19H24N4O2S/c1-2-14-8-10-15(11-9-14)12-20-23-18(16-6-4-3-5-7-16)21-22-19(23)26-13-17(24)25/h8-12,16H,2-7,13H2,1H3,(H,24,25)/p-1/b20-12-. The van der Waals surface area contributed by atoms with Crippen LogP contribution in [-0.2, 0) is 11.2 Å². The highest BCUT2D eigenvalue weighted by molar-refractivity contribution is 7.99. The van der Waals surface area contributed by atoms with Crippen LogP contribution in [0.15, 0.2) is 34.5 Å². The molecule has 0 unspecified atom stereocenters. The van der Waals surface area contributed by atoms with Crippen molar-refractivity contribution in [1.82, 2.24) is 14.9 Å². The summed E-state index contributed by atoms with van der Waals surface area (Å²) in [6.45, 7) is 2.12. The van der Waals surface area contributed by atoms with E-state index in [0.29, 0.717) is 11.1 Å². The molecule has 0 spiro atoms. The monoisotopic (exact) mass is 371 g/mol.